The summed E-state index contributed by atoms with van der Waals surface area (Å²) in [6.07, 6.45) is 18.3. The number of carbonyl (C=O) groups excluding carboxylic acids is 3. The Bertz CT molecular complexity index is 1410. The van der Waals surface area contributed by atoms with Gasteiger partial charge in [0.05, 0.1) is 38.2 Å². The molecule has 2 aromatic carbocycles. The van der Waals surface area contributed by atoms with E-state index in [1.54, 1.807) is 13.8 Å². The number of carbonyl (C=O) groups is 3. The number of benzene rings is 2. The van der Waals surface area contributed by atoms with Gasteiger partial charge in [0.25, 0.3) is 0 Å². The van der Waals surface area contributed by atoms with Crippen molar-refractivity contribution in [3.05, 3.63) is 70.8 Å². The fourth-order valence-electron chi connectivity index (χ4n) is 8.26. The fourth-order valence-corrected chi connectivity index (χ4v) is 8.26. The van der Waals surface area contributed by atoms with Crippen LogP contribution in [0.15, 0.2) is 48.6 Å². The molecule has 8 heteroatoms. The number of anilines is 1. The first-order valence-corrected chi connectivity index (χ1v) is 19.7. The Hall–Kier alpha value is -3.81. The van der Waals surface area contributed by atoms with Gasteiger partial charge >= 0.3 is 17.9 Å². The van der Waals surface area contributed by atoms with Gasteiger partial charge in [0, 0.05) is 29.9 Å². The van der Waals surface area contributed by atoms with Crippen molar-refractivity contribution in [3.63, 3.8) is 0 Å². The van der Waals surface area contributed by atoms with Gasteiger partial charge in [-0.05, 0) is 92.3 Å². The maximum absolute atomic E-state index is 13.2. The van der Waals surface area contributed by atoms with Crippen LogP contribution in [0.3, 0.4) is 0 Å². The molecule has 8 nitrogen and oxygen atoms in total. The van der Waals surface area contributed by atoms with Crippen LogP contribution in [-0.2, 0) is 43.2 Å². The Balaban J connectivity index is 1.20. The summed E-state index contributed by atoms with van der Waals surface area (Å²) in [6, 6.07) is 11.3. The zero-order valence-electron chi connectivity index (χ0n) is 31.2. The summed E-state index contributed by atoms with van der Waals surface area (Å²) >= 11 is 0. The fraction of sp³-hybridized carbons (Fsp3) is 0.605. The lowest BCUT2D eigenvalue weighted by molar-refractivity contribution is -0.143. The summed E-state index contributed by atoms with van der Waals surface area (Å²) < 4.78 is 22.6. The maximum atomic E-state index is 13.2. The largest absolute Gasteiger partial charge is 0.493 e. The number of nitrogens with zero attached hydrogens (tertiary/aromatic N) is 1. The SMILES string of the molecule is CCCCCCCCCCCCOc1c(CC(=O)OCC)cc(COC(=O)c2ccc(N3CC4C5C=CC(C5)C4C3)cc2)cc1CC(=O)OCC. The van der Waals surface area contributed by atoms with Gasteiger partial charge in [0.2, 0.25) is 0 Å². The van der Waals surface area contributed by atoms with Gasteiger partial charge in [-0.25, -0.2) is 4.79 Å². The van der Waals surface area contributed by atoms with Gasteiger partial charge in [0.1, 0.15) is 12.4 Å². The van der Waals surface area contributed by atoms with Crippen molar-refractivity contribution < 1.29 is 33.3 Å². The molecule has 2 fully saturated rings. The third-order valence-electron chi connectivity index (χ3n) is 10.8. The molecule has 1 saturated carbocycles. The van der Waals surface area contributed by atoms with Gasteiger partial charge in [-0.3, -0.25) is 9.59 Å². The lowest BCUT2D eigenvalue weighted by Crippen LogP contribution is -2.22. The molecule has 4 unspecified atom stereocenters. The third-order valence-corrected chi connectivity index (χ3v) is 10.8. The zero-order chi connectivity index (χ0) is 36.0. The van der Waals surface area contributed by atoms with E-state index in [1.807, 2.05) is 36.4 Å². The Kier molecular flexibility index (Phi) is 14.8. The smallest absolute Gasteiger partial charge is 0.338 e. The Morgan fingerprint density at radius 2 is 1.22 bits per heavy atom. The zero-order valence-corrected chi connectivity index (χ0v) is 31.2. The number of unbranched alkanes of at least 4 members (excludes halogenated alkanes) is 9. The number of hydrogen-bond donors (Lipinski definition) is 0. The van der Waals surface area contributed by atoms with Crippen molar-refractivity contribution in [1.82, 2.24) is 0 Å². The van der Waals surface area contributed by atoms with Gasteiger partial charge in [0.15, 0.2) is 0 Å². The van der Waals surface area contributed by atoms with Crippen LogP contribution in [-0.4, -0.2) is 50.8 Å². The molecule has 51 heavy (non-hydrogen) atoms. The average molecular weight is 702 g/mol. The van der Waals surface area contributed by atoms with Crippen LogP contribution in [0.1, 0.15) is 118 Å². The van der Waals surface area contributed by atoms with Crippen molar-refractivity contribution in [2.24, 2.45) is 23.7 Å². The highest BCUT2D eigenvalue weighted by atomic mass is 16.5. The second kappa shape index (κ2) is 19.7. The molecule has 2 bridgehead atoms. The summed E-state index contributed by atoms with van der Waals surface area (Å²) in [5.41, 5.74) is 3.50. The summed E-state index contributed by atoms with van der Waals surface area (Å²) in [6.45, 7) is 8.90. The van der Waals surface area contributed by atoms with Crippen molar-refractivity contribution in [1.29, 1.82) is 0 Å². The van der Waals surface area contributed by atoms with Crippen LogP contribution < -0.4 is 9.64 Å². The summed E-state index contributed by atoms with van der Waals surface area (Å²) in [5.74, 6) is 2.23. The Morgan fingerprint density at radius 1 is 0.686 bits per heavy atom. The van der Waals surface area contributed by atoms with Crippen LogP contribution in [0.5, 0.6) is 5.75 Å². The van der Waals surface area contributed by atoms with Crippen molar-refractivity contribution in [3.8, 4) is 5.75 Å². The van der Waals surface area contributed by atoms with E-state index in [1.165, 1.54) is 51.4 Å². The summed E-state index contributed by atoms with van der Waals surface area (Å²) in [7, 11) is 0. The predicted molar refractivity (Wildman–Crippen MR) is 200 cm³/mol. The van der Waals surface area contributed by atoms with E-state index < -0.39 is 5.97 Å². The predicted octanol–water partition coefficient (Wildman–Crippen LogP) is 8.81. The van der Waals surface area contributed by atoms with Crippen molar-refractivity contribution in [2.75, 3.05) is 37.8 Å². The molecule has 0 aromatic heterocycles. The molecule has 1 aliphatic heterocycles. The van der Waals surface area contributed by atoms with Gasteiger partial charge in [-0.1, -0.05) is 76.9 Å². The first-order chi connectivity index (χ1) is 24.9. The molecule has 278 valence electrons. The van der Waals surface area contributed by atoms with Gasteiger partial charge in [-0.2, -0.15) is 0 Å². The minimum Gasteiger partial charge on any atom is -0.493 e. The van der Waals surface area contributed by atoms with E-state index in [0.717, 1.165) is 61.7 Å². The Morgan fingerprint density at radius 3 is 1.75 bits per heavy atom. The maximum Gasteiger partial charge on any atom is 0.338 e. The number of hydrogen-bond acceptors (Lipinski definition) is 8. The van der Waals surface area contributed by atoms with E-state index >= 15 is 0 Å². The summed E-state index contributed by atoms with van der Waals surface area (Å²) in [4.78, 5) is 41.0. The molecule has 5 rings (SSSR count). The molecule has 3 aliphatic rings. The van der Waals surface area contributed by atoms with Crippen LogP contribution in [0.2, 0.25) is 0 Å². The van der Waals surface area contributed by atoms with E-state index in [9.17, 15) is 14.4 Å². The molecular weight excluding hydrogens is 642 g/mol. The number of esters is 3. The Labute approximate surface area is 305 Å². The normalized spacial score (nSPS) is 20.0. The lowest BCUT2D eigenvalue weighted by atomic mass is 9.86. The molecular formula is C43H59NO7. The lowest BCUT2D eigenvalue weighted by Gasteiger charge is -2.21. The van der Waals surface area contributed by atoms with E-state index in [-0.39, 0.29) is 44.6 Å². The molecule has 1 saturated heterocycles. The minimum atomic E-state index is -0.428. The highest BCUT2D eigenvalue weighted by Gasteiger charge is 2.49. The van der Waals surface area contributed by atoms with Gasteiger partial charge in [-0.15, -0.1) is 0 Å². The molecule has 1 heterocycles. The van der Waals surface area contributed by atoms with Crippen LogP contribution >= 0.6 is 0 Å². The number of rotatable bonds is 22. The van der Waals surface area contributed by atoms with Crippen LogP contribution in [0.4, 0.5) is 5.69 Å². The van der Waals surface area contributed by atoms with Gasteiger partial charge < -0.3 is 23.8 Å². The number of fused-ring (bicyclic) bond motifs is 5. The molecule has 0 amide bonds. The molecule has 0 spiro atoms. The third kappa shape index (κ3) is 10.8. The highest BCUT2D eigenvalue weighted by Crippen LogP contribution is 2.52. The molecule has 4 atom stereocenters. The average Bonchev–Trinajstić information content (AvgIpc) is 3.86. The summed E-state index contributed by atoms with van der Waals surface area (Å²) in [5, 5.41) is 0. The topological polar surface area (TPSA) is 91.4 Å². The number of allylic oxidation sites excluding steroid dienone is 2. The van der Waals surface area contributed by atoms with Crippen LogP contribution in [0, 0.1) is 23.7 Å². The highest BCUT2D eigenvalue weighted by molar-refractivity contribution is 5.90. The van der Waals surface area contributed by atoms with E-state index in [4.69, 9.17) is 18.9 Å². The van der Waals surface area contributed by atoms with Crippen LogP contribution in [0.25, 0.3) is 0 Å². The standard InChI is InChI=1S/C43H59NO7/c1-4-7-8-9-10-11-12-13-14-15-22-50-42-35(26-40(45)48-5-2)23-31(24-36(42)27-41(46)49-6-3)30-51-43(47)32-18-20-37(21-19-32)44-28-38-33-16-17-34(25-33)39(38)29-44/h16-21,23-24,33-34,38-39H,4-15,22,25-30H2,1-3H3. The minimum absolute atomic E-state index is 0.0176. The first kappa shape index (κ1) is 38.4. The van der Waals surface area contributed by atoms with Crippen molar-refractivity contribution in [2.45, 2.75) is 111 Å². The quantitative estimate of drug-likeness (QED) is 0.0521. The second-order valence-electron chi connectivity index (χ2n) is 14.5. The monoisotopic (exact) mass is 701 g/mol. The van der Waals surface area contributed by atoms with E-state index in [2.05, 4.69) is 24.0 Å². The molecule has 2 aliphatic carbocycles. The molecule has 0 radical (unpaired) electrons. The molecule has 0 N–H and O–H groups in total. The van der Waals surface area contributed by atoms with E-state index in [0.29, 0.717) is 34.6 Å². The van der Waals surface area contributed by atoms with Crippen molar-refractivity contribution >= 4 is 23.6 Å². The first-order valence-electron chi connectivity index (χ1n) is 19.7. The molecule has 2 aromatic rings. The number of ether oxygens (including phenoxy) is 4. The second-order valence-corrected chi connectivity index (χ2v) is 14.5.